The topological polar surface area (TPSA) is 109 Å². The molecule has 0 amide bonds. The van der Waals surface area contributed by atoms with Crippen molar-refractivity contribution in [3.05, 3.63) is 65.7 Å². The standard InChI is InChI=1S/C24H26N2O6S/c1-29-21-12-7-16(5-6-17-14-22(30-2)24(32-4)23(15-17)31-3)13-20(21)26-33(27,28)19-10-8-18(25)9-11-19/h5-15,26H,25H2,1-4H3/b6-5-. The summed E-state index contributed by atoms with van der Waals surface area (Å²) in [5.74, 6) is 1.95. The van der Waals surface area contributed by atoms with Crippen molar-refractivity contribution in [2.24, 2.45) is 0 Å². The molecule has 174 valence electrons. The molecule has 0 atom stereocenters. The van der Waals surface area contributed by atoms with Crippen LogP contribution in [0.25, 0.3) is 12.2 Å². The van der Waals surface area contributed by atoms with E-state index < -0.39 is 10.0 Å². The van der Waals surface area contributed by atoms with E-state index in [9.17, 15) is 8.42 Å². The van der Waals surface area contributed by atoms with Crippen molar-refractivity contribution in [2.75, 3.05) is 38.9 Å². The number of hydrogen-bond acceptors (Lipinski definition) is 7. The first-order valence-electron chi connectivity index (χ1n) is 9.85. The Morgan fingerprint density at radius 1 is 0.727 bits per heavy atom. The molecule has 3 rings (SSSR count). The van der Waals surface area contributed by atoms with Gasteiger partial charge in [-0.05, 0) is 59.7 Å². The molecule has 0 saturated carbocycles. The number of nitrogen functional groups attached to an aromatic ring is 1. The molecule has 8 nitrogen and oxygen atoms in total. The lowest BCUT2D eigenvalue weighted by Gasteiger charge is -2.13. The lowest BCUT2D eigenvalue weighted by Crippen LogP contribution is -2.13. The van der Waals surface area contributed by atoms with Crippen LogP contribution in [-0.2, 0) is 10.0 Å². The van der Waals surface area contributed by atoms with Crippen molar-refractivity contribution in [3.8, 4) is 23.0 Å². The van der Waals surface area contributed by atoms with E-state index >= 15 is 0 Å². The molecule has 0 unspecified atom stereocenters. The molecule has 0 aliphatic rings. The van der Waals surface area contributed by atoms with E-state index in [2.05, 4.69) is 4.72 Å². The predicted molar refractivity (Wildman–Crippen MR) is 130 cm³/mol. The van der Waals surface area contributed by atoms with Gasteiger partial charge in [-0.1, -0.05) is 18.2 Å². The molecule has 0 radical (unpaired) electrons. The minimum atomic E-state index is -3.83. The van der Waals surface area contributed by atoms with Gasteiger partial charge in [0.25, 0.3) is 10.0 Å². The fraction of sp³-hybridized carbons (Fsp3) is 0.167. The first-order valence-corrected chi connectivity index (χ1v) is 11.3. The van der Waals surface area contributed by atoms with E-state index in [4.69, 9.17) is 24.7 Å². The molecular weight excluding hydrogens is 444 g/mol. The van der Waals surface area contributed by atoms with Gasteiger partial charge in [-0.25, -0.2) is 8.42 Å². The SMILES string of the molecule is COc1ccc(/C=C\c2cc(OC)c(OC)c(OC)c2)cc1NS(=O)(=O)c1ccc(N)cc1. The second kappa shape index (κ2) is 10.2. The molecule has 9 heteroatoms. The number of rotatable bonds is 9. The lowest BCUT2D eigenvalue weighted by atomic mass is 10.1. The van der Waals surface area contributed by atoms with Crippen LogP contribution in [0, 0.1) is 0 Å². The Kier molecular flexibility index (Phi) is 7.34. The van der Waals surface area contributed by atoms with Crippen molar-refractivity contribution in [2.45, 2.75) is 4.90 Å². The van der Waals surface area contributed by atoms with E-state index in [-0.39, 0.29) is 4.90 Å². The van der Waals surface area contributed by atoms with Crippen LogP contribution in [0.5, 0.6) is 23.0 Å². The quantitative estimate of drug-likeness (QED) is 0.355. The number of ether oxygens (including phenoxy) is 4. The number of anilines is 2. The molecule has 0 aliphatic carbocycles. The molecule has 33 heavy (non-hydrogen) atoms. The third kappa shape index (κ3) is 5.50. The predicted octanol–water partition coefficient (Wildman–Crippen LogP) is 4.27. The minimum absolute atomic E-state index is 0.0946. The third-order valence-electron chi connectivity index (χ3n) is 4.81. The van der Waals surface area contributed by atoms with Gasteiger partial charge in [0.1, 0.15) is 5.75 Å². The third-order valence-corrected chi connectivity index (χ3v) is 6.19. The number of sulfonamides is 1. The highest BCUT2D eigenvalue weighted by molar-refractivity contribution is 7.92. The number of hydrogen-bond donors (Lipinski definition) is 2. The first kappa shape index (κ1) is 23.8. The summed E-state index contributed by atoms with van der Waals surface area (Å²) in [5.41, 5.74) is 8.00. The highest BCUT2D eigenvalue weighted by Gasteiger charge is 2.17. The minimum Gasteiger partial charge on any atom is -0.495 e. The van der Waals surface area contributed by atoms with Crippen molar-refractivity contribution in [3.63, 3.8) is 0 Å². The van der Waals surface area contributed by atoms with Crippen LogP contribution in [-0.4, -0.2) is 36.9 Å². The summed E-state index contributed by atoms with van der Waals surface area (Å²) in [6.45, 7) is 0. The monoisotopic (exact) mass is 470 g/mol. The molecular formula is C24H26N2O6S. The second-order valence-corrected chi connectivity index (χ2v) is 8.61. The molecule has 3 N–H and O–H groups in total. The average Bonchev–Trinajstić information content (AvgIpc) is 2.82. The summed E-state index contributed by atoms with van der Waals surface area (Å²) in [6, 6.07) is 14.8. The summed E-state index contributed by atoms with van der Waals surface area (Å²) >= 11 is 0. The zero-order valence-electron chi connectivity index (χ0n) is 18.8. The maximum atomic E-state index is 12.8. The lowest BCUT2D eigenvalue weighted by molar-refractivity contribution is 0.324. The highest BCUT2D eigenvalue weighted by atomic mass is 32.2. The van der Waals surface area contributed by atoms with Crippen molar-refractivity contribution in [1.82, 2.24) is 0 Å². The fourth-order valence-electron chi connectivity index (χ4n) is 3.15. The van der Waals surface area contributed by atoms with Gasteiger partial charge < -0.3 is 24.7 Å². The van der Waals surface area contributed by atoms with Crippen molar-refractivity contribution in [1.29, 1.82) is 0 Å². The van der Waals surface area contributed by atoms with Crippen LogP contribution in [0.2, 0.25) is 0 Å². The number of nitrogens with two attached hydrogens (primary N) is 1. The second-order valence-electron chi connectivity index (χ2n) is 6.93. The Labute approximate surface area is 193 Å². The van der Waals surface area contributed by atoms with Gasteiger partial charge >= 0.3 is 0 Å². The van der Waals surface area contributed by atoms with Crippen molar-refractivity contribution < 1.29 is 27.4 Å². The zero-order valence-corrected chi connectivity index (χ0v) is 19.6. The van der Waals surface area contributed by atoms with Gasteiger partial charge in [-0.3, -0.25) is 4.72 Å². The molecule has 0 heterocycles. The molecule has 0 spiro atoms. The van der Waals surface area contributed by atoms with Crippen LogP contribution in [0.15, 0.2) is 59.5 Å². The van der Waals surface area contributed by atoms with E-state index in [1.165, 1.54) is 31.4 Å². The van der Waals surface area contributed by atoms with Crippen LogP contribution in [0.1, 0.15) is 11.1 Å². The largest absolute Gasteiger partial charge is 0.495 e. The maximum absolute atomic E-state index is 12.8. The smallest absolute Gasteiger partial charge is 0.262 e. The first-order chi connectivity index (χ1) is 15.8. The Bertz CT molecular complexity index is 1230. The summed E-state index contributed by atoms with van der Waals surface area (Å²) < 4.78 is 49.6. The summed E-state index contributed by atoms with van der Waals surface area (Å²) in [4.78, 5) is 0.0946. The highest BCUT2D eigenvalue weighted by Crippen LogP contribution is 2.38. The van der Waals surface area contributed by atoms with Gasteiger partial charge in [0.2, 0.25) is 5.75 Å². The van der Waals surface area contributed by atoms with Gasteiger partial charge in [0.15, 0.2) is 11.5 Å². The molecule has 3 aromatic rings. The average molecular weight is 471 g/mol. The van der Waals surface area contributed by atoms with E-state index in [1.54, 1.807) is 33.5 Å². The number of nitrogens with one attached hydrogen (secondary N) is 1. The maximum Gasteiger partial charge on any atom is 0.262 e. The van der Waals surface area contributed by atoms with Gasteiger partial charge in [0, 0.05) is 5.69 Å². The normalized spacial score (nSPS) is 11.3. The summed E-state index contributed by atoms with van der Waals surface area (Å²) in [6.07, 6.45) is 3.69. The zero-order chi connectivity index (χ0) is 24.0. The van der Waals surface area contributed by atoms with Gasteiger partial charge in [-0.2, -0.15) is 0 Å². The van der Waals surface area contributed by atoms with Crippen LogP contribution < -0.4 is 29.4 Å². The van der Waals surface area contributed by atoms with Crippen LogP contribution in [0.3, 0.4) is 0 Å². The molecule has 0 fully saturated rings. The molecule has 0 saturated heterocycles. The van der Waals surface area contributed by atoms with Gasteiger partial charge in [0.05, 0.1) is 39.0 Å². The van der Waals surface area contributed by atoms with E-state index in [1.807, 2.05) is 30.4 Å². The Morgan fingerprint density at radius 2 is 1.30 bits per heavy atom. The molecule has 3 aromatic carbocycles. The Hall–Kier alpha value is -3.85. The van der Waals surface area contributed by atoms with E-state index in [0.717, 1.165) is 11.1 Å². The molecule has 0 aliphatic heterocycles. The summed E-state index contributed by atoms with van der Waals surface area (Å²) in [5, 5.41) is 0. The van der Waals surface area contributed by atoms with Crippen molar-refractivity contribution >= 4 is 33.6 Å². The Balaban J connectivity index is 1.93. The molecule has 0 aromatic heterocycles. The molecule has 0 bridgehead atoms. The van der Waals surface area contributed by atoms with Crippen LogP contribution in [0.4, 0.5) is 11.4 Å². The number of methoxy groups -OCH3 is 4. The van der Waals surface area contributed by atoms with Crippen LogP contribution >= 0.6 is 0 Å². The Morgan fingerprint density at radius 3 is 1.85 bits per heavy atom. The van der Waals surface area contributed by atoms with E-state index in [0.29, 0.717) is 34.4 Å². The summed E-state index contributed by atoms with van der Waals surface area (Å²) in [7, 11) is 2.29. The van der Waals surface area contributed by atoms with Gasteiger partial charge in [-0.15, -0.1) is 0 Å². The fourth-order valence-corrected chi connectivity index (χ4v) is 4.21. The number of benzene rings is 3.